The molecule has 22 heavy (non-hydrogen) atoms. The van der Waals surface area contributed by atoms with Gasteiger partial charge >= 0.3 is 6.18 Å². The second-order valence-corrected chi connectivity index (χ2v) is 5.58. The maximum absolute atomic E-state index is 11.9. The number of unbranched alkanes of at least 4 members (excludes halogenated alkanes) is 6. The summed E-state index contributed by atoms with van der Waals surface area (Å²) in [5.41, 5.74) is 1.18. The third-order valence-corrected chi connectivity index (χ3v) is 3.59. The zero-order valence-corrected chi connectivity index (χ0v) is 12.6. The van der Waals surface area contributed by atoms with Gasteiger partial charge in [0, 0.05) is 6.42 Å². The molecule has 2 nitrogen and oxygen atoms in total. The largest absolute Gasteiger partial charge is 0.545 e. The van der Waals surface area contributed by atoms with Crippen LogP contribution in [0.15, 0.2) is 24.3 Å². The van der Waals surface area contributed by atoms with Crippen molar-refractivity contribution in [1.82, 2.24) is 0 Å². The average molecular weight is 315 g/mol. The normalized spacial score (nSPS) is 11.6. The lowest BCUT2D eigenvalue weighted by Gasteiger charge is -2.07. The Balaban J connectivity index is 2.04. The fraction of sp³-hybridized carbons (Fsp3) is 0.588. The van der Waals surface area contributed by atoms with E-state index < -0.39 is 18.6 Å². The molecule has 1 aromatic rings. The van der Waals surface area contributed by atoms with Gasteiger partial charge < -0.3 is 9.90 Å². The number of rotatable bonds is 10. The van der Waals surface area contributed by atoms with Crippen LogP contribution in [0, 0.1) is 0 Å². The second kappa shape index (κ2) is 9.49. The third-order valence-electron chi connectivity index (χ3n) is 3.59. The Hall–Kier alpha value is -1.52. The van der Waals surface area contributed by atoms with E-state index in [1.807, 2.05) is 6.07 Å². The van der Waals surface area contributed by atoms with Crippen LogP contribution < -0.4 is 5.11 Å². The van der Waals surface area contributed by atoms with Gasteiger partial charge in [-0.2, -0.15) is 13.2 Å². The highest BCUT2D eigenvalue weighted by Gasteiger charge is 2.25. The Labute approximate surface area is 129 Å². The molecular weight excluding hydrogens is 293 g/mol. The van der Waals surface area contributed by atoms with E-state index >= 15 is 0 Å². The zero-order chi connectivity index (χ0) is 16.4. The molecule has 0 aliphatic heterocycles. The van der Waals surface area contributed by atoms with Crippen LogP contribution in [0.25, 0.3) is 0 Å². The molecule has 0 unspecified atom stereocenters. The minimum absolute atomic E-state index is 0.196. The van der Waals surface area contributed by atoms with Crippen LogP contribution in [0.3, 0.4) is 0 Å². The molecule has 0 bridgehead atoms. The van der Waals surface area contributed by atoms with E-state index in [0.29, 0.717) is 6.42 Å². The number of carboxylic acid groups (broad SMARTS) is 1. The van der Waals surface area contributed by atoms with Crippen molar-refractivity contribution in [2.24, 2.45) is 0 Å². The summed E-state index contributed by atoms with van der Waals surface area (Å²) in [6.45, 7) is 0. The van der Waals surface area contributed by atoms with Gasteiger partial charge in [-0.05, 0) is 36.5 Å². The Morgan fingerprint density at radius 3 is 2.14 bits per heavy atom. The zero-order valence-electron chi connectivity index (χ0n) is 12.6. The molecule has 1 rings (SSSR count). The van der Waals surface area contributed by atoms with Crippen molar-refractivity contribution in [1.29, 1.82) is 0 Å². The summed E-state index contributed by atoms with van der Waals surface area (Å²) in [4.78, 5) is 10.7. The molecule has 0 aliphatic carbocycles. The molecule has 0 heterocycles. The van der Waals surface area contributed by atoms with Gasteiger partial charge in [0.15, 0.2) is 0 Å². The molecular formula is C17H22F3O2-. The van der Waals surface area contributed by atoms with Gasteiger partial charge in [-0.15, -0.1) is 0 Å². The highest BCUT2D eigenvalue weighted by molar-refractivity contribution is 5.85. The van der Waals surface area contributed by atoms with Crippen molar-refractivity contribution >= 4 is 5.97 Å². The number of aromatic carboxylic acids is 1. The smallest absolute Gasteiger partial charge is 0.389 e. The molecule has 0 radical (unpaired) electrons. The number of carboxylic acids is 1. The topological polar surface area (TPSA) is 40.1 Å². The van der Waals surface area contributed by atoms with Gasteiger partial charge in [0.25, 0.3) is 0 Å². The van der Waals surface area contributed by atoms with E-state index in [2.05, 4.69) is 0 Å². The van der Waals surface area contributed by atoms with Crippen LogP contribution in [0.1, 0.15) is 67.3 Å². The van der Waals surface area contributed by atoms with Crippen LogP contribution >= 0.6 is 0 Å². The van der Waals surface area contributed by atoms with Crippen LogP contribution in [-0.4, -0.2) is 12.1 Å². The van der Waals surface area contributed by atoms with E-state index in [1.54, 1.807) is 12.1 Å². The summed E-state index contributed by atoms with van der Waals surface area (Å²) < 4.78 is 35.8. The number of hydrogen-bond donors (Lipinski definition) is 0. The van der Waals surface area contributed by atoms with E-state index in [-0.39, 0.29) is 12.0 Å². The van der Waals surface area contributed by atoms with Crippen LogP contribution in [0.2, 0.25) is 0 Å². The first-order valence-electron chi connectivity index (χ1n) is 7.75. The Bertz CT molecular complexity index is 455. The molecule has 0 saturated carbocycles. The molecule has 0 spiro atoms. The molecule has 0 saturated heterocycles. The SMILES string of the molecule is O=C([O-])c1cccc(CCCCCCCCCC(F)(F)F)c1. The number of aryl methyl sites for hydroxylation is 1. The fourth-order valence-electron chi connectivity index (χ4n) is 2.39. The number of benzene rings is 1. The Morgan fingerprint density at radius 1 is 0.955 bits per heavy atom. The summed E-state index contributed by atoms with van der Waals surface area (Å²) in [5.74, 6) is -1.17. The molecule has 0 amide bonds. The number of hydrogen-bond acceptors (Lipinski definition) is 2. The summed E-state index contributed by atoms with van der Waals surface area (Å²) in [6.07, 6.45) is 1.73. The van der Waals surface area contributed by atoms with E-state index in [4.69, 9.17) is 0 Å². The monoisotopic (exact) mass is 315 g/mol. The first-order valence-corrected chi connectivity index (χ1v) is 7.75. The van der Waals surface area contributed by atoms with Gasteiger partial charge in [0.05, 0.1) is 5.97 Å². The molecule has 5 heteroatoms. The summed E-state index contributed by atoms with van der Waals surface area (Å²) in [6, 6.07) is 6.75. The molecule has 0 N–H and O–H groups in total. The summed E-state index contributed by atoms with van der Waals surface area (Å²) in [5, 5.41) is 10.7. The highest BCUT2D eigenvalue weighted by Crippen LogP contribution is 2.23. The van der Waals surface area contributed by atoms with E-state index in [1.165, 1.54) is 6.07 Å². The summed E-state index contributed by atoms with van der Waals surface area (Å²) >= 11 is 0. The second-order valence-electron chi connectivity index (χ2n) is 5.58. The van der Waals surface area contributed by atoms with Crippen molar-refractivity contribution in [3.8, 4) is 0 Å². The predicted molar refractivity (Wildman–Crippen MR) is 77.5 cm³/mol. The van der Waals surface area contributed by atoms with Gasteiger partial charge in [-0.1, -0.05) is 50.3 Å². The third kappa shape index (κ3) is 8.70. The Morgan fingerprint density at radius 2 is 1.55 bits per heavy atom. The minimum atomic E-state index is -4.03. The molecule has 0 aromatic heterocycles. The number of halogens is 3. The summed E-state index contributed by atoms with van der Waals surface area (Å²) in [7, 11) is 0. The van der Waals surface area contributed by atoms with Gasteiger partial charge in [-0.25, -0.2) is 0 Å². The van der Waals surface area contributed by atoms with Crippen molar-refractivity contribution in [2.75, 3.05) is 0 Å². The van der Waals surface area contributed by atoms with Crippen LogP contribution in [0.4, 0.5) is 13.2 Å². The lowest BCUT2D eigenvalue weighted by Crippen LogP contribution is -2.22. The van der Waals surface area contributed by atoms with Crippen LogP contribution in [-0.2, 0) is 6.42 Å². The molecule has 1 aromatic carbocycles. The standard InChI is InChI=1S/C17H23F3O2/c18-17(19,20)12-7-5-3-1-2-4-6-9-14-10-8-11-15(13-14)16(21)22/h8,10-11,13H,1-7,9,12H2,(H,21,22)/p-1. The quantitative estimate of drug-likeness (QED) is 0.605. The van der Waals surface area contributed by atoms with Crippen molar-refractivity contribution in [3.63, 3.8) is 0 Å². The fourth-order valence-corrected chi connectivity index (χ4v) is 2.39. The molecule has 0 fully saturated rings. The average Bonchev–Trinajstić information content (AvgIpc) is 2.44. The highest BCUT2D eigenvalue weighted by atomic mass is 19.4. The lowest BCUT2D eigenvalue weighted by molar-refractivity contribution is -0.255. The molecule has 0 atom stereocenters. The molecule has 0 aliphatic rings. The first kappa shape index (κ1) is 18.5. The first-order chi connectivity index (χ1) is 10.4. The number of alkyl halides is 3. The maximum atomic E-state index is 11.9. The van der Waals surface area contributed by atoms with Crippen molar-refractivity contribution in [2.45, 2.75) is 64.0 Å². The number of carbonyl (C=O) groups excluding carboxylic acids is 1. The van der Waals surface area contributed by atoms with Gasteiger partial charge in [-0.3, -0.25) is 0 Å². The van der Waals surface area contributed by atoms with Gasteiger partial charge in [0.2, 0.25) is 0 Å². The predicted octanol–water partition coefficient (Wildman–Crippen LogP) is 4.28. The minimum Gasteiger partial charge on any atom is -0.545 e. The van der Waals surface area contributed by atoms with Crippen molar-refractivity contribution < 1.29 is 23.1 Å². The maximum Gasteiger partial charge on any atom is 0.389 e. The number of carbonyl (C=O) groups is 1. The van der Waals surface area contributed by atoms with Crippen molar-refractivity contribution in [3.05, 3.63) is 35.4 Å². The Kier molecular flexibility index (Phi) is 7.99. The van der Waals surface area contributed by atoms with E-state index in [0.717, 1.165) is 44.1 Å². The lowest BCUT2D eigenvalue weighted by atomic mass is 10.0. The molecule has 124 valence electrons. The van der Waals surface area contributed by atoms with E-state index in [9.17, 15) is 23.1 Å². The van der Waals surface area contributed by atoms with Crippen LogP contribution in [0.5, 0.6) is 0 Å². The van der Waals surface area contributed by atoms with Gasteiger partial charge in [0.1, 0.15) is 0 Å².